The molecule has 4 heteroatoms. The van der Waals surface area contributed by atoms with Crippen LogP contribution in [0.25, 0.3) is 10.6 Å². The van der Waals surface area contributed by atoms with Crippen molar-refractivity contribution in [1.82, 2.24) is 9.88 Å². The maximum Gasteiger partial charge on any atom is 0.175 e. The number of aromatic nitrogens is 1. The molecule has 0 bridgehead atoms. The van der Waals surface area contributed by atoms with Crippen molar-refractivity contribution in [3.8, 4) is 10.6 Å². The molecule has 0 N–H and O–H groups in total. The van der Waals surface area contributed by atoms with E-state index >= 15 is 0 Å². The summed E-state index contributed by atoms with van der Waals surface area (Å²) < 4.78 is 0. The minimum absolute atomic E-state index is 0.239. The van der Waals surface area contributed by atoms with Gasteiger partial charge in [0.25, 0.3) is 0 Å². The van der Waals surface area contributed by atoms with E-state index in [9.17, 15) is 4.79 Å². The number of Topliss-reactive ketones (excluding diaryl/α,β-unsaturated/α-hetero) is 1. The number of thiazole rings is 1. The van der Waals surface area contributed by atoms with Crippen molar-refractivity contribution in [3.05, 3.63) is 40.9 Å². The van der Waals surface area contributed by atoms with Gasteiger partial charge in [0.1, 0.15) is 5.01 Å². The van der Waals surface area contributed by atoms with Crippen LogP contribution in [-0.2, 0) is 0 Å². The SMILES string of the molecule is Cc1nc(-c2ccccc2)sc1C(=O)CCN1CCCCC1. The number of benzene rings is 1. The number of carbonyl (C=O) groups is 1. The van der Waals surface area contributed by atoms with Crippen LogP contribution >= 0.6 is 11.3 Å². The number of hydrogen-bond donors (Lipinski definition) is 0. The Balaban J connectivity index is 1.66. The lowest BCUT2D eigenvalue weighted by Gasteiger charge is -2.25. The number of rotatable bonds is 5. The van der Waals surface area contributed by atoms with Gasteiger partial charge in [0.05, 0.1) is 10.6 Å². The number of hydrogen-bond acceptors (Lipinski definition) is 4. The number of piperidine rings is 1. The van der Waals surface area contributed by atoms with Gasteiger partial charge in [-0.2, -0.15) is 0 Å². The molecule has 3 rings (SSSR count). The van der Waals surface area contributed by atoms with Gasteiger partial charge in [0, 0.05) is 18.5 Å². The monoisotopic (exact) mass is 314 g/mol. The minimum Gasteiger partial charge on any atom is -0.303 e. The average molecular weight is 314 g/mol. The first-order chi connectivity index (χ1) is 10.7. The zero-order chi connectivity index (χ0) is 15.4. The molecular weight excluding hydrogens is 292 g/mol. The molecule has 1 aromatic heterocycles. The standard InChI is InChI=1S/C18H22N2OS/c1-14-17(16(21)10-13-20-11-6-3-7-12-20)22-18(19-14)15-8-4-2-5-9-15/h2,4-5,8-9H,3,6-7,10-13H2,1H3. The van der Waals surface area contributed by atoms with Crippen LogP contribution in [0.15, 0.2) is 30.3 Å². The third kappa shape index (κ3) is 3.62. The molecule has 0 aliphatic carbocycles. The van der Waals surface area contributed by atoms with Crippen molar-refractivity contribution < 1.29 is 4.79 Å². The summed E-state index contributed by atoms with van der Waals surface area (Å²) in [7, 11) is 0. The first kappa shape index (κ1) is 15.4. The molecule has 22 heavy (non-hydrogen) atoms. The van der Waals surface area contributed by atoms with E-state index in [-0.39, 0.29) is 5.78 Å². The van der Waals surface area contributed by atoms with Crippen LogP contribution in [0, 0.1) is 6.92 Å². The smallest absolute Gasteiger partial charge is 0.175 e. The van der Waals surface area contributed by atoms with Crippen molar-refractivity contribution in [3.63, 3.8) is 0 Å². The van der Waals surface area contributed by atoms with Gasteiger partial charge < -0.3 is 4.90 Å². The summed E-state index contributed by atoms with van der Waals surface area (Å²) in [4.78, 5) is 20.3. The maximum atomic E-state index is 12.5. The first-order valence-corrected chi connectivity index (χ1v) is 8.84. The number of carbonyl (C=O) groups excluding carboxylic acids is 1. The molecule has 0 saturated carbocycles. The van der Waals surface area contributed by atoms with Gasteiger partial charge in [-0.15, -0.1) is 11.3 Å². The summed E-state index contributed by atoms with van der Waals surface area (Å²) in [5.74, 6) is 0.239. The third-order valence-electron chi connectivity index (χ3n) is 4.17. The number of aryl methyl sites for hydroxylation is 1. The van der Waals surface area contributed by atoms with E-state index in [0.29, 0.717) is 6.42 Å². The van der Waals surface area contributed by atoms with E-state index in [4.69, 9.17) is 0 Å². The molecule has 0 spiro atoms. The molecular formula is C18H22N2OS. The summed E-state index contributed by atoms with van der Waals surface area (Å²) in [5, 5.41) is 0.944. The van der Waals surface area contributed by atoms with Crippen LogP contribution in [0.5, 0.6) is 0 Å². The molecule has 1 fully saturated rings. The van der Waals surface area contributed by atoms with Gasteiger partial charge >= 0.3 is 0 Å². The molecule has 2 aromatic rings. The molecule has 0 radical (unpaired) electrons. The highest BCUT2D eigenvalue weighted by molar-refractivity contribution is 7.17. The normalized spacial score (nSPS) is 15.9. The molecule has 1 saturated heterocycles. The lowest BCUT2D eigenvalue weighted by molar-refractivity contribution is 0.0962. The predicted molar refractivity (Wildman–Crippen MR) is 91.5 cm³/mol. The van der Waals surface area contributed by atoms with Crippen LogP contribution < -0.4 is 0 Å². The lowest BCUT2D eigenvalue weighted by atomic mass is 10.1. The van der Waals surface area contributed by atoms with Crippen molar-refractivity contribution in [2.45, 2.75) is 32.6 Å². The highest BCUT2D eigenvalue weighted by Crippen LogP contribution is 2.28. The second-order valence-electron chi connectivity index (χ2n) is 5.88. The predicted octanol–water partition coefficient (Wildman–Crippen LogP) is 4.18. The van der Waals surface area contributed by atoms with Crippen LogP contribution in [0.2, 0.25) is 0 Å². The zero-order valence-corrected chi connectivity index (χ0v) is 13.9. The molecule has 2 heterocycles. The molecule has 1 aliphatic heterocycles. The van der Waals surface area contributed by atoms with E-state index in [1.165, 1.54) is 30.6 Å². The summed E-state index contributed by atoms with van der Waals surface area (Å²) in [6.07, 6.45) is 4.48. The Hall–Kier alpha value is -1.52. The largest absolute Gasteiger partial charge is 0.303 e. The maximum absolute atomic E-state index is 12.5. The Morgan fingerprint density at radius 2 is 1.91 bits per heavy atom. The summed E-state index contributed by atoms with van der Waals surface area (Å²) >= 11 is 1.53. The van der Waals surface area contributed by atoms with Crippen molar-refractivity contribution in [1.29, 1.82) is 0 Å². The molecule has 0 unspecified atom stereocenters. The number of nitrogens with zero attached hydrogens (tertiary/aromatic N) is 2. The van der Waals surface area contributed by atoms with E-state index in [1.54, 1.807) is 0 Å². The third-order valence-corrected chi connectivity index (χ3v) is 5.42. The van der Waals surface area contributed by atoms with Crippen molar-refractivity contribution >= 4 is 17.1 Å². The summed E-state index contributed by atoms with van der Waals surface area (Å²) in [6, 6.07) is 10.1. The van der Waals surface area contributed by atoms with Gasteiger partial charge in [-0.1, -0.05) is 36.8 Å². The minimum atomic E-state index is 0.239. The van der Waals surface area contributed by atoms with Crippen LogP contribution in [0.3, 0.4) is 0 Å². The molecule has 116 valence electrons. The Kier molecular flexibility index (Phi) is 5.01. The quantitative estimate of drug-likeness (QED) is 0.776. The Morgan fingerprint density at radius 3 is 2.64 bits per heavy atom. The Labute approximate surface area is 136 Å². The van der Waals surface area contributed by atoms with Gasteiger partial charge in [0.2, 0.25) is 0 Å². The highest BCUT2D eigenvalue weighted by atomic mass is 32.1. The average Bonchev–Trinajstić information content (AvgIpc) is 2.96. The Morgan fingerprint density at radius 1 is 1.18 bits per heavy atom. The highest BCUT2D eigenvalue weighted by Gasteiger charge is 2.18. The van der Waals surface area contributed by atoms with E-state index < -0.39 is 0 Å². The molecule has 1 aromatic carbocycles. The van der Waals surface area contributed by atoms with E-state index in [2.05, 4.69) is 9.88 Å². The molecule has 3 nitrogen and oxygen atoms in total. The second-order valence-corrected chi connectivity index (χ2v) is 6.87. The first-order valence-electron chi connectivity index (χ1n) is 8.02. The molecule has 0 atom stereocenters. The van der Waals surface area contributed by atoms with Gasteiger partial charge in [-0.3, -0.25) is 4.79 Å². The lowest BCUT2D eigenvalue weighted by Crippen LogP contribution is -2.31. The fourth-order valence-electron chi connectivity index (χ4n) is 2.92. The fraction of sp³-hybridized carbons (Fsp3) is 0.444. The summed E-state index contributed by atoms with van der Waals surface area (Å²) in [6.45, 7) is 5.11. The summed E-state index contributed by atoms with van der Waals surface area (Å²) in [5.41, 5.74) is 1.96. The zero-order valence-electron chi connectivity index (χ0n) is 13.0. The van der Waals surface area contributed by atoms with Crippen molar-refractivity contribution in [2.75, 3.05) is 19.6 Å². The van der Waals surface area contributed by atoms with Gasteiger partial charge in [-0.25, -0.2) is 4.98 Å². The number of ketones is 1. The van der Waals surface area contributed by atoms with E-state index in [1.807, 2.05) is 37.3 Å². The van der Waals surface area contributed by atoms with Crippen LogP contribution in [0.4, 0.5) is 0 Å². The topological polar surface area (TPSA) is 33.2 Å². The van der Waals surface area contributed by atoms with Crippen molar-refractivity contribution in [2.24, 2.45) is 0 Å². The van der Waals surface area contributed by atoms with Crippen LogP contribution in [0.1, 0.15) is 41.0 Å². The molecule has 0 amide bonds. The van der Waals surface area contributed by atoms with Gasteiger partial charge in [-0.05, 0) is 32.9 Å². The second kappa shape index (κ2) is 7.16. The fourth-order valence-corrected chi connectivity index (χ4v) is 3.95. The Bertz CT molecular complexity index is 630. The van der Waals surface area contributed by atoms with E-state index in [0.717, 1.165) is 40.8 Å². The number of likely N-dealkylation sites (tertiary alicyclic amines) is 1. The van der Waals surface area contributed by atoms with Crippen LogP contribution in [-0.4, -0.2) is 35.3 Å². The molecule has 1 aliphatic rings. The van der Waals surface area contributed by atoms with Gasteiger partial charge in [0.15, 0.2) is 5.78 Å².